The van der Waals surface area contributed by atoms with E-state index in [-0.39, 0.29) is 0 Å². The van der Waals surface area contributed by atoms with Crippen LogP contribution in [0.1, 0.15) is 128 Å². The predicted molar refractivity (Wildman–Crippen MR) is 518 cm³/mol. The van der Waals surface area contributed by atoms with Crippen LogP contribution in [0.2, 0.25) is 0 Å². The molecular formula is C113H115N7. The number of rotatable bonds is 21. The van der Waals surface area contributed by atoms with Gasteiger partial charge in [-0.15, -0.1) is 0 Å². The quantitative estimate of drug-likeness (QED) is 0.0706. The van der Waals surface area contributed by atoms with Crippen LogP contribution in [0.15, 0.2) is 279 Å². The van der Waals surface area contributed by atoms with Crippen LogP contribution in [0.5, 0.6) is 0 Å². The molecule has 15 rings (SSSR count). The Labute approximate surface area is 715 Å². The van der Waals surface area contributed by atoms with Crippen molar-refractivity contribution in [2.45, 2.75) is 159 Å². The summed E-state index contributed by atoms with van der Waals surface area (Å²) in [5.41, 5.74) is 51.7. The maximum Gasteiger partial charge on any atom is 0.0520 e. The molecule has 7 heteroatoms. The highest BCUT2D eigenvalue weighted by atomic mass is 15.2. The molecule has 120 heavy (non-hydrogen) atoms. The first-order valence-electron chi connectivity index (χ1n) is 42.3. The highest BCUT2D eigenvalue weighted by Gasteiger charge is 2.29. The van der Waals surface area contributed by atoms with E-state index in [1.807, 2.05) is 0 Å². The van der Waals surface area contributed by atoms with Gasteiger partial charge in [-0.2, -0.15) is 0 Å². The van der Waals surface area contributed by atoms with E-state index in [1.165, 1.54) is 168 Å². The predicted octanol–water partition coefficient (Wildman–Crippen LogP) is 33.1. The van der Waals surface area contributed by atoms with Gasteiger partial charge in [-0.25, -0.2) is 0 Å². The lowest BCUT2D eigenvalue weighted by Crippen LogP contribution is -2.17. The Bertz CT molecular complexity index is 6000. The zero-order valence-electron chi connectivity index (χ0n) is 74.7. The molecule has 0 heterocycles. The highest BCUT2D eigenvalue weighted by Crippen LogP contribution is 2.51. The first-order valence-corrected chi connectivity index (χ1v) is 42.3. The third-order valence-corrected chi connectivity index (χ3v) is 23.8. The normalized spacial score (nSPS) is 11.3. The van der Waals surface area contributed by atoms with E-state index < -0.39 is 0 Å². The SMILES string of the molecule is Cc1ccc(N(c2ccc(N(c3ccc(N(c4ccc(C)cc4)c4ccc(N(c5c(C)cc(C)cc5C)c5c(C)cc(C)cc5C)cc4)cc3)c3ccc(N(c4c(C)cc(C)cc4C)c4c(C)cc(C)cc4C)cc3)cc2)c2ccc(N(c3ccc(N(c4c(C)cc(C)cc4C)c4c(C)cc(C)cc4C)cc3)c3c(C)cc(C)cc3C)cc2)cc1. The van der Waals surface area contributed by atoms with Gasteiger partial charge in [0, 0.05) is 79.6 Å². The fourth-order valence-electron chi connectivity index (χ4n) is 19.4. The summed E-state index contributed by atoms with van der Waals surface area (Å²) in [6.45, 7) is 51.2. The summed E-state index contributed by atoms with van der Waals surface area (Å²) in [4.78, 5) is 17.1. The number of anilines is 21. The van der Waals surface area contributed by atoms with Crippen molar-refractivity contribution < 1.29 is 0 Å². The molecule has 0 bridgehead atoms. The third kappa shape index (κ3) is 16.4. The molecule has 0 spiro atoms. The van der Waals surface area contributed by atoms with E-state index in [9.17, 15) is 0 Å². The summed E-state index contributed by atoms with van der Waals surface area (Å²) >= 11 is 0. The van der Waals surface area contributed by atoms with Gasteiger partial charge < -0.3 is 34.3 Å². The minimum atomic E-state index is 1.02. The van der Waals surface area contributed by atoms with Crippen molar-refractivity contribution in [3.8, 4) is 0 Å². The van der Waals surface area contributed by atoms with Crippen LogP contribution in [0.4, 0.5) is 119 Å². The number of hydrogen-bond donors (Lipinski definition) is 0. The average Bonchev–Trinajstić information content (AvgIpc) is 0.768. The van der Waals surface area contributed by atoms with E-state index in [0.29, 0.717) is 0 Å². The zero-order chi connectivity index (χ0) is 85.0. The van der Waals surface area contributed by atoms with Crippen LogP contribution in [0.3, 0.4) is 0 Å². The van der Waals surface area contributed by atoms with Crippen molar-refractivity contribution in [2.75, 3.05) is 34.3 Å². The maximum atomic E-state index is 2.49. The molecule has 0 fully saturated rings. The summed E-state index contributed by atoms with van der Waals surface area (Å²) in [6, 6.07) is 105. The van der Waals surface area contributed by atoms with Crippen molar-refractivity contribution in [2.24, 2.45) is 0 Å². The molecule has 0 aliphatic heterocycles. The second-order valence-electron chi connectivity index (χ2n) is 34.3. The molecule has 602 valence electrons. The Balaban J connectivity index is 0.836. The molecule has 15 aromatic carbocycles. The molecule has 15 aromatic rings. The Hall–Kier alpha value is -13.1. The van der Waals surface area contributed by atoms with Crippen molar-refractivity contribution in [1.29, 1.82) is 0 Å². The summed E-state index contributed by atoms with van der Waals surface area (Å²) in [5.74, 6) is 0. The summed E-state index contributed by atoms with van der Waals surface area (Å²) in [6.07, 6.45) is 0. The topological polar surface area (TPSA) is 22.7 Å². The maximum absolute atomic E-state index is 2.49. The van der Waals surface area contributed by atoms with Gasteiger partial charge in [0.1, 0.15) is 0 Å². The van der Waals surface area contributed by atoms with E-state index in [0.717, 1.165) is 79.6 Å². The lowest BCUT2D eigenvalue weighted by atomic mass is 9.98. The molecule has 0 aliphatic rings. The Kier molecular flexibility index (Phi) is 23.0. The highest BCUT2D eigenvalue weighted by molar-refractivity contribution is 5.92. The third-order valence-electron chi connectivity index (χ3n) is 23.8. The van der Waals surface area contributed by atoms with Crippen molar-refractivity contribution >= 4 is 119 Å². The zero-order valence-corrected chi connectivity index (χ0v) is 74.7. The van der Waals surface area contributed by atoms with Gasteiger partial charge in [0.15, 0.2) is 0 Å². The molecule has 0 aromatic heterocycles. The minimum Gasteiger partial charge on any atom is -0.311 e. The van der Waals surface area contributed by atoms with Crippen LogP contribution >= 0.6 is 0 Å². The standard InChI is InChI=1S/C113H115N7/c1-70-24-28-93(29-25-70)114(99-40-46-102(47-41-99)117(107-79(10)56-72(3)57-80(107)11)103-48-54-106(55-49-103)120(112-89(20)66-77(8)67-90(112)21)113-91(22)68-78(9)69-92(113)23)95-32-36-97(37-33-95)116(101-44-52-105(53-45-101)119(110-85(16)62-75(6)63-86(110)17)111-87(18)64-76(7)65-88(111)19)98-38-34-96(35-39-98)115(94-30-26-71(2)27-31-94)100-42-50-104(51-43-100)118(108-81(12)58-73(4)59-82(108)13)109-83(14)60-74(5)61-84(109)15/h24-69H,1-23H3. The number of nitrogens with zero attached hydrogens (tertiary/aromatic N) is 7. The van der Waals surface area contributed by atoms with Crippen molar-refractivity contribution in [3.63, 3.8) is 0 Å². The van der Waals surface area contributed by atoms with E-state index in [4.69, 9.17) is 0 Å². The van der Waals surface area contributed by atoms with Gasteiger partial charge in [-0.3, -0.25) is 0 Å². The summed E-state index contributed by atoms with van der Waals surface area (Å²) in [5, 5.41) is 0. The molecule has 0 unspecified atom stereocenters. The average molecular weight is 1570 g/mol. The minimum absolute atomic E-state index is 1.02. The first-order chi connectivity index (χ1) is 57.4. The number of aryl methyl sites for hydroxylation is 23. The van der Waals surface area contributed by atoms with Gasteiger partial charge in [-0.1, -0.05) is 159 Å². The largest absolute Gasteiger partial charge is 0.311 e. The van der Waals surface area contributed by atoms with E-state index >= 15 is 0 Å². The van der Waals surface area contributed by atoms with Gasteiger partial charge in [0.2, 0.25) is 0 Å². The van der Waals surface area contributed by atoms with Gasteiger partial charge in [0.05, 0.1) is 39.8 Å². The molecule has 7 nitrogen and oxygen atoms in total. The molecule has 0 N–H and O–H groups in total. The smallest absolute Gasteiger partial charge is 0.0520 e. The molecule has 0 atom stereocenters. The van der Waals surface area contributed by atoms with Gasteiger partial charge in [0.25, 0.3) is 0 Å². The van der Waals surface area contributed by atoms with Gasteiger partial charge in [-0.05, 0) is 407 Å². The van der Waals surface area contributed by atoms with E-state index in [2.05, 4.69) is 473 Å². The van der Waals surface area contributed by atoms with Crippen LogP contribution in [-0.2, 0) is 0 Å². The van der Waals surface area contributed by atoms with Crippen molar-refractivity contribution in [3.05, 3.63) is 407 Å². The monoisotopic (exact) mass is 1570 g/mol. The summed E-state index contributed by atoms with van der Waals surface area (Å²) in [7, 11) is 0. The Morgan fingerprint density at radius 1 is 0.100 bits per heavy atom. The molecule has 0 saturated heterocycles. The molecule has 0 radical (unpaired) electrons. The molecule has 0 saturated carbocycles. The van der Waals surface area contributed by atoms with Crippen LogP contribution in [0, 0.1) is 159 Å². The lowest BCUT2D eigenvalue weighted by Gasteiger charge is -2.33. The first kappa shape index (κ1) is 82.0. The molecular weight excluding hydrogens is 1460 g/mol. The molecule has 0 amide bonds. The van der Waals surface area contributed by atoms with Crippen LogP contribution in [0.25, 0.3) is 0 Å². The van der Waals surface area contributed by atoms with E-state index in [1.54, 1.807) is 0 Å². The fraction of sp³-hybridized carbons (Fsp3) is 0.204. The Morgan fingerprint density at radius 2 is 0.192 bits per heavy atom. The lowest BCUT2D eigenvalue weighted by molar-refractivity contribution is 1.16. The van der Waals surface area contributed by atoms with Gasteiger partial charge >= 0.3 is 0 Å². The second kappa shape index (κ2) is 33.7. The number of benzene rings is 15. The number of hydrogen-bond acceptors (Lipinski definition) is 7. The van der Waals surface area contributed by atoms with Crippen molar-refractivity contribution in [1.82, 2.24) is 0 Å². The second-order valence-corrected chi connectivity index (χ2v) is 34.3. The Morgan fingerprint density at radius 3 is 0.317 bits per heavy atom. The van der Waals surface area contributed by atoms with Crippen LogP contribution in [-0.4, -0.2) is 0 Å². The van der Waals surface area contributed by atoms with Crippen LogP contribution < -0.4 is 34.3 Å². The summed E-state index contributed by atoms with van der Waals surface area (Å²) < 4.78 is 0. The fourth-order valence-corrected chi connectivity index (χ4v) is 19.4. The molecule has 0 aliphatic carbocycles.